The Bertz CT molecular complexity index is 711. The number of carbonyl (C=O) groups is 1. The molecular formula is C18H21NO2. The zero-order valence-electron chi connectivity index (χ0n) is 12.8. The summed E-state index contributed by atoms with van der Waals surface area (Å²) in [6.45, 7) is 3.98. The molecule has 0 radical (unpaired) electrons. The van der Waals surface area contributed by atoms with Gasteiger partial charge in [-0.05, 0) is 44.2 Å². The largest absolute Gasteiger partial charge is 0.465 e. The van der Waals surface area contributed by atoms with Gasteiger partial charge in [-0.1, -0.05) is 30.4 Å². The van der Waals surface area contributed by atoms with Gasteiger partial charge < -0.3 is 4.74 Å². The van der Waals surface area contributed by atoms with Gasteiger partial charge in [0, 0.05) is 11.4 Å². The third-order valence-corrected chi connectivity index (χ3v) is 3.61. The van der Waals surface area contributed by atoms with E-state index < -0.39 is 0 Å². The predicted molar refractivity (Wildman–Crippen MR) is 85.3 cm³/mol. The Balaban J connectivity index is 2.60. The van der Waals surface area contributed by atoms with Gasteiger partial charge in [0.1, 0.15) is 0 Å². The lowest BCUT2D eigenvalue weighted by atomic mass is 9.97. The van der Waals surface area contributed by atoms with E-state index >= 15 is 0 Å². The Morgan fingerprint density at radius 3 is 2.76 bits per heavy atom. The Kier molecular flexibility index (Phi) is 5.09. The molecule has 3 nitrogen and oxygen atoms in total. The molecule has 110 valence electrons. The lowest BCUT2D eigenvalue weighted by Gasteiger charge is -2.11. The second kappa shape index (κ2) is 7.02. The van der Waals surface area contributed by atoms with Crippen molar-refractivity contribution in [3.05, 3.63) is 51.7 Å². The third-order valence-electron chi connectivity index (χ3n) is 3.61. The number of aromatic nitrogens is 1. The molecule has 1 heterocycles. The van der Waals surface area contributed by atoms with Crippen molar-refractivity contribution in [2.45, 2.75) is 33.1 Å². The van der Waals surface area contributed by atoms with E-state index in [1.807, 2.05) is 19.9 Å². The van der Waals surface area contributed by atoms with Crippen molar-refractivity contribution in [1.82, 2.24) is 4.98 Å². The first-order valence-corrected chi connectivity index (χ1v) is 7.25. The van der Waals surface area contributed by atoms with E-state index in [-0.39, 0.29) is 5.97 Å². The molecule has 1 aliphatic rings. The van der Waals surface area contributed by atoms with E-state index in [4.69, 9.17) is 4.74 Å². The summed E-state index contributed by atoms with van der Waals surface area (Å²) < 4.78 is 4.98. The summed E-state index contributed by atoms with van der Waals surface area (Å²) in [6, 6.07) is 0. The minimum atomic E-state index is -0.286. The van der Waals surface area contributed by atoms with Crippen molar-refractivity contribution in [3.8, 4) is 0 Å². The van der Waals surface area contributed by atoms with Crippen LogP contribution in [0.4, 0.5) is 0 Å². The number of methoxy groups -OCH3 is 1. The lowest BCUT2D eigenvalue weighted by molar-refractivity contribution is 0.0598. The molecule has 0 atom stereocenters. The van der Waals surface area contributed by atoms with Crippen LogP contribution in [-0.2, 0) is 11.2 Å². The maximum Gasteiger partial charge on any atom is 0.338 e. The molecule has 0 N–H and O–H groups in total. The number of allylic oxidation sites excluding steroid dienone is 4. The first kappa shape index (κ1) is 15.2. The molecule has 0 aromatic carbocycles. The fourth-order valence-corrected chi connectivity index (χ4v) is 2.57. The zero-order chi connectivity index (χ0) is 15.2. The summed E-state index contributed by atoms with van der Waals surface area (Å²) in [5, 5.41) is 1.81. The van der Waals surface area contributed by atoms with Gasteiger partial charge >= 0.3 is 5.97 Å². The summed E-state index contributed by atoms with van der Waals surface area (Å²) in [4.78, 5) is 16.7. The third kappa shape index (κ3) is 3.30. The van der Waals surface area contributed by atoms with E-state index in [0.29, 0.717) is 12.0 Å². The number of fused-ring (bicyclic) bond motifs is 1. The standard InChI is InChI=1S/C18H21NO2/c1-4-8-13(5-2)11-14-12-19-16-10-7-6-9-15(16)17(14)18(20)21-3/h4-5,8-10,12H,6-7,11H2,1-3H3/b8-4-,13-5+. The topological polar surface area (TPSA) is 39.2 Å². The number of pyridine rings is 1. The van der Waals surface area contributed by atoms with Gasteiger partial charge in [0.05, 0.1) is 18.0 Å². The van der Waals surface area contributed by atoms with Crippen LogP contribution in [-0.4, -0.2) is 18.1 Å². The molecule has 1 aromatic rings. The average molecular weight is 283 g/mol. The monoisotopic (exact) mass is 283 g/mol. The molecule has 0 unspecified atom stereocenters. The molecule has 0 spiro atoms. The maximum absolute atomic E-state index is 12.2. The number of hydrogen-bond donors (Lipinski definition) is 0. The van der Waals surface area contributed by atoms with Crippen LogP contribution in [0.3, 0.4) is 0 Å². The van der Waals surface area contributed by atoms with Crippen molar-refractivity contribution < 1.29 is 9.53 Å². The van der Waals surface area contributed by atoms with Gasteiger partial charge in [0.25, 0.3) is 0 Å². The summed E-state index contributed by atoms with van der Waals surface area (Å²) >= 11 is 0. The Morgan fingerprint density at radius 2 is 2.10 bits per heavy atom. The van der Waals surface area contributed by atoms with E-state index in [9.17, 15) is 4.79 Å². The number of rotatable bonds is 4. The minimum absolute atomic E-state index is 0.286. The first-order valence-electron chi connectivity index (χ1n) is 7.25. The Morgan fingerprint density at radius 1 is 1.33 bits per heavy atom. The average Bonchev–Trinajstić information content (AvgIpc) is 2.53. The molecule has 0 amide bonds. The fraction of sp³-hybridized carbons (Fsp3) is 0.333. The smallest absolute Gasteiger partial charge is 0.338 e. The van der Waals surface area contributed by atoms with Crippen LogP contribution in [0.25, 0.3) is 12.2 Å². The quantitative estimate of drug-likeness (QED) is 0.628. The van der Waals surface area contributed by atoms with Gasteiger partial charge in [-0.2, -0.15) is 0 Å². The van der Waals surface area contributed by atoms with E-state index in [0.717, 1.165) is 34.5 Å². The van der Waals surface area contributed by atoms with Gasteiger partial charge in [0.2, 0.25) is 0 Å². The summed E-state index contributed by atoms with van der Waals surface area (Å²) in [5.74, 6) is -0.286. The van der Waals surface area contributed by atoms with Crippen molar-refractivity contribution in [2.24, 2.45) is 0 Å². The highest BCUT2D eigenvalue weighted by molar-refractivity contribution is 5.91. The van der Waals surface area contributed by atoms with Crippen molar-refractivity contribution >= 4 is 18.1 Å². The van der Waals surface area contributed by atoms with Gasteiger partial charge in [0.15, 0.2) is 0 Å². The van der Waals surface area contributed by atoms with Crippen LogP contribution in [0.1, 0.15) is 42.6 Å². The second-order valence-electron chi connectivity index (χ2n) is 4.97. The van der Waals surface area contributed by atoms with Gasteiger partial charge in [-0.25, -0.2) is 4.79 Å². The molecule has 0 bridgehead atoms. The van der Waals surface area contributed by atoms with Crippen LogP contribution >= 0.6 is 0 Å². The van der Waals surface area contributed by atoms with Crippen LogP contribution in [0.15, 0.2) is 30.0 Å². The highest BCUT2D eigenvalue weighted by atomic mass is 16.5. The lowest BCUT2D eigenvalue weighted by Crippen LogP contribution is -2.37. The predicted octanol–water partition coefficient (Wildman–Crippen LogP) is 2.29. The molecule has 3 heteroatoms. The van der Waals surface area contributed by atoms with E-state index in [1.165, 1.54) is 7.11 Å². The number of ether oxygens (including phenoxy) is 1. The normalized spacial score (nSPS) is 14.3. The van der Waals surface area contributed by atoms with Gasteiger partial charge in [-0.3, -0.25) is 4.98 Å². The fourth-order valence-electron chi connectivity index (χ4n) is 2.57. The van der Waals surface area contributed by atoms with Crippen molar-refractivity contribution in [3.63, 3.8) is 0 Å². The van der Waals surface area contributed by atoms with Gasteiger partial charge in [-0.15, -0.1) is 0 Å². The summed E-state index contributed by atoms with van der Waals surface area (Å²) in [5.41, 5.74) is 2.73. The van der Waals surface area contributed by atoms with E-state index in [1.54, 1.807) is 6.20 Å². The van der Waals surface area contributed by atoms with E-state index in [2.05, 4.69) is 29.3 Å². The number of carbonyl (C=O) groups excluding carboxylic acids is 1. The number of esters is 1. The zero-order valence-corrected chi connectivity index (χ0v) is 12.8. The first-order chi connectivity index (χ1) is 10.2. The molecule has 21 heavy (non-hydrogen) atoms. The summed E-state index contributed by atoms with van der Waals surface area (Å²) in [6.07, 6.45) is 14.7. The Hall–Kier alpha value is -2.16. The highest BCUT2D eigenvalue weighted by Gasteiger charge is 2.16. The van der Waals surface area contributed by atoms with Crippen molar-refractivity contribution in [1.29, 1.82) is 0 Å². The maximum atomic E-state index is 12.2. The number of nitrogens with zero attached hydrogens (tertiary/aromatic N) is 1. The molecule has 2 rings (SSSR count). The molecule has 0 saturated heterocycles. The van der Waals surface area contributed by atoms with Crippen LogP contribution in [0.5, 0.6) is 0 Å². The minimum Gasteiger partial charge on any atom is -0.465 e. The molecular weight excluding hydrogens is 262 g/mol. The molecule has 0 aliphatic heterocycles. The van der Waals surface area contributed by atoms with Crippen LogP contribution in [0.2, 0.25) is 0 Å². The van der Waals surface area contributed by atoms with Crippen LogP contribution in [0, 0.1) is 0 Å². The second-order valence-corrected chi connectivity index (χ2v) is 4.97. The highest BCUT2D eigenvalue weighted by Crippen LogP contribution is 2.12. The molecule has 1 aliphatic carbocycles. The van der Waals surface area contributed by atoms with Crippen molar-refractivity contribution in [2.75, 3.05) is 7.11 Å². The summed E-state index contributed by atoms with van der Waals surface area (Å²) in [7, 11) is 1.42. The molecule has 0 saturated carbocycles. The number of hydrogen-bond acceptors (Lipinski definition) is 3. The molecule has 1 aromatic heterocycles. The SMILES string of the molecule is C/C=C\C(=C/C)Cc1cnc2c(c1C(=O)OC)=CCCC=2. The van der Waals surface area contributed by atoms with Crippen LogP contribution < -0.4 is 10.6 Å². The molecule has 0 fully saturated rings. The Labute approximate surface area is 125 Å².